The highest BCUT2D eigenvalue weighted by Crippen LogP contribution is 2.12. The Morgan fingerprint density at radius 3 is 2.37 bits per heavy atom. The lowest BCUT2D eigenvalue weighted by Gasteiger charge is -2.22. The van der Waals surface area contributed by atoms with Crippen LogP contribution in [0.15, 0.2) is 24.3 Å². The topological polar surface area (TPSA) is 52.6 Å². The number of benzene rings is 1. The minimum atomic E-state index is 0.00297. The summed E-state index contributed by atoms with van der Waals surface area (Å²) in [7, 11) is 0. The summed E-state index contributed by atoms with van der Waals surface area (Å²) >= 11 is 0. The average molecular weight is 264 g/mol. The molecule has 0 saturated carbocycles. The van der Waals surface area contributed by atoms with Crippen molar-refractivity contribution in [3.63, 3.8) is 0 Å². The first-order valence-electron chi connectivity index (χ1n) is 6.90. The van der Waals surface area contributed by atoms with E-state index in [1.165, 1.54) is 5.56 Å². The Labute approximate surface area is 115 Å². The molecule has 4 heteroatoms. The molecule has 1 atom stereocenters. The second kappa shape index (κ2) is 7.67. The van der Waals surface area contributed by atoms with Gasteiger partial charge >= 0.3 is 6.03 Å². The number of hydrogen-bond donors (Lipinski definition) is 2. The van der Waals surface area contributed by atoms with Crippen LogP contribution in [-0.2, 0) is 6.42 Å². The van der Waals surface area contributed by atoms with Crippen LogP contribution in [0.2, 0.25) is 0 Å². The van der Waals surface area contributed by atoms with Crippen LogP contribution in [0, 0.1) is 0 Å². The molecule has 2 N–H and O–H groups in total. The van der Waals surface area contributed by atoms with Crippen molar-refractivity contribution in [1.82, 2.24) is 10.2 Å². The van der Waals surface area contributed by atoms with Crippen LogP contribution < -0.4 is 5.32 Å². The molecule has 106 valence electrons. The van der Waals surface area contributed by atoms with Crippen LogP contribution in [0.25, 0.3) is 0 Å². The summed E-state index contributed by atoms with van der Waals surface area (Å²) < 4.78 is 0. The van der Waals surface area contributed by atoms with Gasteiger partial charge in [-0.05, 0) is 51.3 Å². The van der Waals surface area contributed by atoms with Gasteiger partial charge in [-0.25, -0.2) is 4.79 Å². The fourth-order valence-corrected chi connectivity index (χ4v) is 1.93. The van der Waals surface area contributed by atoms with Crippen molar-refractivity contribution in [3.8, 4) is 5.75 Å². The van der Waals surface area contributed by atoms with Crippen molar-refractivity contribution in [1.29, 1.82) is 0 Å². The summed E-state index contributed by atoms with van der Waals surface area (Å²) in [5, 5.41) is 12.2. The van der Waals surface area contributed by atoms with E-state index in [-0.39, 0.29) is 17.8 Å². The highest BCUT2D eigenvalue weighted by atomic mass is 16.3. The first kappa shape index (κ1) is 15.3. The van der Waals surface area contributed by atoms with E-state index in [4.69, 9.17) is 0 Å². The third-order valence-corrected chi connectivity index (χ3v) is 3.22. The summed E-state index contributed by atoms with van der Waals surface area (Å²) in [5.41, 5.74) is 1.17. The predicted octanol–water partition coefficient (Wildman–Crippen LogP) is 2.76. The van der Waals surface area contributed by atoms with E-state index in [2.05, 4.69) is 5.32 Å². The first-order chi connectivity index (χ1) is 9.06. The molecule has 0 spiro atoms. The molecule has 1 aromatic carbocycles. The molecule has 0 heterocycles. The number of nitrogens with zero attached hydrogens (tertiary/aromatic N) is 1. The largest absolute Gasteiger partial charge is 0.508 e. The zero-order chi connectivity index (χ0) is 14.3. The van der Waals surface area contributed by atoms with Gasteiger partial charge in [0.05, 0.1) is 0 Å². The monoisotopic (exact) mass is 264 g/mol. The van der Waals surface area contributed by atoms with Crippen molar-refractivity contribution in [2.45, 2.75) is 39.7 Å². The third kappa shape index (κ3) is 5.20. The van der Waals surface area contributed by atoms with Crippen molar-refractivity contribution in [2.75, 3.05) is 13.1 Å². The number of phenolic OH excluding ortho intramolecular Hbond substituents is 1. The number of carbonyl (C=O) groups excluding carboxylic acids is 1. The van der Waals surface area contributed by atoms with E-state index < -0.39 is 0 Å². The highest BCUT2D eigenvalue weighted by Gasteiger charge is 2.12. The number of carbonyl (C=O) groups is 1. The lowest BCUT2D eigenvalue weighted by atomic mass is 10.1. The average Bonchev–Trinajstić information content (AvgIpc) is 2.39. The number of hydrogen-bond acceptors (Lipinski definition) is 2. The molecule has 0 aromatic heterocycles. The number of amides is 2. The summed E-state index contributed by atoms with van der Waals surface area (Å²) in [6.07, 6.45) is 1.78. The maximum absolute atomic E-state index is 11.9. The Kier molecular flexibility index (Phi) is 6.19. The Morgan fingerprint density at radius 2 is 1.84 bits per heavy atom. The van der Waals surface area contributed by atoms with Crippen molar-refractivity contribution in [3.05, 3.63) is 29.8 Å². The van der Waals surface area contributed by atoms with Crippen LogP contribution in [0.5, 0.6) is 5.75 Å². The molecule has 0 aliphatic rings. The smallest absolute Gasteiger partial charge is 0.317 e. The lowest BCUT2D eigenvalue weighted by molar-refractivity contribution is 0.199. The number of aryl methyl sites for hydroxylation is 1. The van der Waals surface area contributed by atoms with E-state index in [0.29, 0.717) is 0 Å². The van der Waals surface area contributed by atoms with Crippen molar-refractivity contribution in [2.24, 2.45) is 0 Å². The Hall–Kier alpha value is -1.71. The molecule has 4 nitrogen and oxygen atoms in total. The van der Waals surface area contributed by atoms with Gasteiger partial charge in [0.1, 0.15) is 5.75 Å². The Morgan fingerprint density at radius 1 is 1.26 bits per heavy atom. The van der Waals surface area contributed by atoms with E-state index in [0.717, 1.165) is 25.9 Å². The Balaban J connectivity index is 2.37. The van der Waals surface area contributed by atoms with Gasteiger partial charge in [-0.15, -0.1) is 0 Å². The second-order valence-corrected chi connectivity index (χ2v) is 4.73. The van der Waals surface area contributed by atoms with Crippen LogP contribution >= 0.6 is 0 Å². The van der Waals surface area contributed by atoms with Crippen LogP contribution in [0.3, 0.4) is 0 Å². The Bertz CT molecular complexity index is 386. The molecular formula is C15H24N2O2. The van der Waals surface area contributed by atoms with Gasteiger partial charge in [-0.2, -0.15) is 0 Å². The summed E-state index contributed by atoms with van der Waals surface area (Å²) in [4.78, 5) is 13.6. The van der Waals surface area contributed by atoms with E-state index >= 15 is 0 Å². The molecule has 19 heavy (non-hydrogen) atoms. The molecule has 0 aliphatic carbocycles. The van der Waals surface area contributed by atoms with Gasteiger partial charge in [0.2, 0.25) is 0 Å². The van der Waals surface area contributed by atoms with Crippen molar-refractivity contribution < 1.29 is 9.90 Å². The summed E-state index contributed by atoms with van der Waals surface area (Å²) in [6.45, 7) is 7.43. The number of phenols is 1. The molecule has 0 fully saturated rings. The van der Waals surface area contributed by atoms with E-state index in [1.54, 1.807) is 17.0 Å². The van der Waals surface area contributed by atoms with Crippen LogP contribution in [0.1, 0.15) is 32.8 Å². The third-order valence-electron chi connectivity index (χ3n) is 3.22. The number of aromatic hydroxyl groups is 1. The fraction of sp³-hybridized carbons (Fsp3) is 0.533. The minimum absolute atomic E-state index is 0.00297. The summed E-state index contributed by atoms with van der Waals surface area (Å²) in [6, 6.07) is 7.34. The van der Waals surface area contributed by atoms with Crippen LogP contribution in [0.4, 0.5) is 4.79 Å². The van der Waals surface area contributed by atoms with E-state index in [1.807, 2.05) is 32.9 Å². The van der Waals surface area contributed by atoms with Crippen molar-refractivity contribution >= 4 is 6.03 Å². The zero-order valence-corrected chi connectivity index (χ0v) is 12.0. The predicted molar refractivity (Wildman–Crippen MR) is 77.3 cm³/mol. The molecule has 2 amide bonds. The zero-order valence-electron chi connectivity index (χ0n) is 12.0. The molecule has 1 unspecified atom stereocenters. The molecular weight excluding hydrogens is 240 g/mol. The maximum atomic E-state index is 11.9. The normalized spacial score (nSPS) is 11.9. The second-order valence-electron chi connectivity index (χ2n) is 4.73. The molecule has 1 aromatic rings. The van der Waals surface area contributed by atoms with Gasteiger partial charge in [-0.1, -0.05) is 12.1 Å². The maximum Gasteiger partial charge on any atom is 0.317 e. The SMILES string of the molecule is CCN(CC)C(=O)NC(C)CCc1ccc(O)cc1. The van der Waals surface area contributed by atoms with Gasteiger partial charge in [0.15, 0.2) is 0 Å². The quantitative estimate of drug-likeness (QED) is 0.830. The highest BCUT2D eigenvalue weighted by molar-refractivity contribution is 5.74. The van der Waals surface area contributed by atoms with Gasteiger partial charge in [-0.3, -0.25) is 0 Å². The van der Waals surface area contributed by atoms with Gasteiger partial charge in [0, 0.05) is 19.1 Å². The van der Waals surface area contributed by atoms with Gasteiger partial charge in [0.25, 0.3) is 0 Å². The summed E-state index contributed by atoms with van der Waals surface area (Å²) in [5.74, 6) is 0.284. The minimum Gasteiger partial charge on any atom is -0.508 e. The van der Waals surface area contributed by atoms with E-state index in [9.17, 15) is 9.90 Å². The number of rotatable bonds is 6. The molecule has 0 bridgehead atoms. The number of urea groups is 1. The lowest BCUT2D eigenvalue weighted by Crippen LogP contribution is -2.43. The molecule has 0 radical (unpaired) electrons. The first-order valence-corrected chi connectivity index (χ1v) is 6.90. The standard InChI is InChI=1S/C15H24N2O2/c1-4-17(5-2)15(19)16-12(3)6-7-13-8-10-14(18)11-9-13/h8-12,18H,4-7H2,1-3H3,(H,16,19). The fourth-order valence-electron chi connectivity index (χ4n) is 1.93. The van der Waals surface area contributed by atoms with Gasteiger partial charge < -0.3 is 15.3 Å². The molecule has 0 aliphatic heterocycles. The number of nitrogens with one attached hydrogen (secondary N) is 1. The van der Waals surface area contributed by atoms with Crippen LogP contribution in [-0.4, -0.2) is 35.2 Å². The molecule has 0 saturated heterocycles. The molecule has 1 rings (SSSR count).